The van der Waals surface area contributed by atoms with Gasteiger partial charge in [0, 0.05) is 31.4 Å². The minimum Gasteiger partial charge on any atom is -0.493 e. The first-order valence-corrected chi connectivity index (χ1v) is 7.62. The molecular weight excluding hydrogens is 262 g/mol. The van der Waals surface area contributed by atoms with Crippen molar-refractivity contribution in [3.05, 3.63) is 47.8 Å². The zero-order valence-corrected chi connectivity index (χ0v) is 13.2. The lowest BCUT2D eigenvalue weighted by Crippen LogP contribution is -2.15. The van der Waals surface area contributed by atoms with E-state index in [0.717, 1.165) is 37.7 Å². The van der Waals surface area contributed by atoms with E-state index in [0.29, 0.717) is 5.92 Å². The van der Waals surface area contributed by atoms with Gasteiger partial charge in [0.2, 0.25) is 0 Å². The van der Waals surface area contributed by atoms with Crippen LogP contribution in [0.1, 0.15) is 32.0 Å². The van der Waals surface area contributed by atoms with Crippen LogP contribution in [0.5, 0.6) is 5.75 Å². The van der Waals surface area contributed by atoms with Gasteiger partial charge in [-0.3, -0.25) is 4.68 Å². The third-order valence-corrected chi connectivity index (χ3v) is 3.19. The summed E-state index contributed by atoms with van der Waals surface area (Å²) in [6.07, 6.45) is 2.01. The molecule has 0 unspecified atom stereocenters. The summed E-state index contributed by atoms with van der Waals surface area (Å²) < 4.78 is 7.80. The third-order valence-electron chi connectivity index (χ3n) is 3.19. The first-order valence-electron chi connectivity index (χ1n) is 7.62. The molecule has 0 amide bonds. The second kappa shape index (κ2) is 7.84. The van der Waals surface area contributed by atoms with Crippen molar-refractivity contribution in [3.8, 4) is 5.75 Å². The molecular formula is C17H25N3O. The Hall–Kier alpha value is -1.81. The second-order valence-corrected chi connectivity index (χ2v) is 5.58. The number of para-hydroxylation sites is 1. The number of hydrogen-bond acceptors (Lipinski definition) is 3. The molecule has 4 heteroatoms. The van der Waals surface area contributed by atoms with Crippen LogP contribution in [0.4, 0.5) is 0 Å². The van der Waals surface area contributed by atoms with Crippen LogP contribution in [0, 0.1) is 5.92 Å². The first kappa shape index (κ1) is 15.6. The molecule has 4 nitrogen and oxygen atoms in total. The summed E-state index contributed by atoms with van der Waals surface area (Å²) in [5.41, 5.74) is 2.26. The van der Waals surface area contributed by atoms with Gasteiger partial charge >= 0.3 is 0 Å². The van der Waals surface area contributed by atoms with Gasteiger partial charge < -0.3 is 10.1 Å². The molecule has 2 aromatic rings. The lowest BCUT2D eigenvalue weighted by molar-refractivity contribution is 0.268. The molecule has 1 aromatic carbocycles. The molecule has 0 spiro atoms. The summed E-state index contributed by atoms with van der Waals surface area (Å²) in [6.45, 7) is 9.62. The minimum atomic E-state index is 0.532. The third kappa shape index (κ3) is 4.90. The molecule has 1 N–H and O–H groups in total. The Morgan fingerprint density at radius 1 is 1.19 bits per heavy atom. The number of hydrogen-bond donors (Lipinski definition) is 1. The highest BCUT2D eigenvalue weighted by Crippen LogP contribution is 2.18. The maximum absolute atomic E-state index is 5.86. The average molecular weight is 287 g/mol. The summed E-state index contributed by atoms with van der Waals surface area (Å²) >= 11 is 0. The van der Waals surface area contributed by atoms with Crippen molar-refractivity contribution in [1.29, 1.82) is 0 Å². The Bertz CT molecular complexity index is 548. The minimum absolute atomic E-state index is 0.532. The van der Waals surface area contributed by atoms with Crippen molar-refractivity contribution < 1.29 is 4.74 Å². The van der Waals surface area contributed by atoms with Crippen molar-refractivity contribution in [2.45, 2.75) is 40.4 Å². The molecule has 0 saturated heterocycles. The molecule has 0 aliphatic carbocycles. The van der Waals surface area contributed by atoms with Gasteiger partial charge in [-0.25, -0.2) is 0 Å². The van der Waals surface area contributed by atoms with Gasteiger partial charge in [-0.2, -0.15) is 5.10 Å². The van der Waals surface area contributed by atoms with E-state index < -0.39 is 0 Å². The van der Waals surface area contributed by atoms with Gasteiger partial charge in [-0.1, -0.05) is 32.0 Å². The van der Waals surface area contributed by atoms with Crippen LogP contribution in [0.15, 0.2) is 36.5 Å². The van der Waals surface area contributed by atoms with Crippen LogP contribution >= 0.6 is 0 Å². The van der Waals surface area contributed by atoms with Crippen LogP contribution in [-0.4, -0.2) is 16.4 Å². The maximum atomic E-state index is 5.86. The number of rotatable bonds is 8. The highest BCUT2D eigenvalue weighted by Gasteiger charge is 2.04. The molecule has 1 aromatic heterocycles. The van der Waals surface area contributed by atoms with Crippen LogP contribution in [0.2, 0.25) is 0 Å². The van der Waals surface area contributed by atoms with Crippen LogP contribution in [0.25, 0.3) is 0 Å². The Labute approximate surface area is 127 Å². The molecule has 114 valence electrons. The normalized spacial score (nSPS) is 11.0. The smallest absolute Gasteiger partial charge is 0.123 e. The van der Waals surface area contributed by atoms with Gasteiger partial charge in [0.15, 0.2) is 0 Å². The van der Waals surface area contributed by atoms with E-state index in [4.69, 9.17) is 4.74 Å². The fourth-order valence-electron chi connectivity index (χ4n) is 2.05. The topological polar surface area (TPSA) is 39.1 Å². The average Bonchev–Trinajstić information content (AvgIpc) is 2.94. The van der Waals surface area contributed by atoms with Crippen LogP contribution in [0.3, 0.4) is 0 Å². The number of aromatic nitrogens is 2. The number of aryl methyl sites for hydroxylation is 1. The van der Waals surface area contributed by atoms with Gasteiger partial charge in [0.25, 0.3) is 0 Å². The molecule has 0 aliphatic rings. The zero-order chi connectivity index (χ0) is 15.1. The molecule has 1 heterocycles. The van der Waals surface area contributed by atoms with Crippen LogP contribution < -0.4 is 10.1 Å². The Balaban J connectivity index is 1.87. The van der Waals surface area contributed by atoms with Gasteiger partial charge in [-0.05, 0) is 25.0 Å². The zero-order valence-electron chi connectivity index (χ0n) is 13.2. The molecule has 0 atom stereocenters. The van der Waals surface area contributed by atoms with E-state index in [1.54, 1.807) is 0 Å². The number of ether oxygens (including phenoxy) is 1. The molecule has 0 saturated carbocycles. The monoisotopic (exact) mass is 287 g/mol. The van der Waals surface area contributed by atoms with E-state index in [1.165, 1.54) is 5.56 Å². The molecule has 0 aliphatic heterocycles. The van der Waals surface area contributed by atoms with Gasteiger partial charge in [0.1, 0.15) is 5.75 Å². The summed E-state index contributed by atoms with van der Waals surface area (Å²) in [6, 6.07) is 10.3. The molecule has 21 heavy (non-hydrogen) atoms. The van der Waals surface area contributed by atoms with E-state index in [1.807, 2.05) is 29.1 Å². The quantitative estimate of drug-likeness (QED) is 0.810. The number of benzene rings is 1. The maximum Gasteiger partial charge on any atom is 0.123 e. The molecule has 0 radical (unpaired) electrons. The predicted molar refractivity (Wildman–Crippen MR) is 85.2 cm³/mol. The van der Waals surface area contributed by atoms with Crippen molar-refractivity contribution in [1.82, 2.24) is 15.1 Å². The number of nitrogens with one attached hydrogen (secondary N) is 1. The van der Waals surface area contributed by atoms with Crippen molar-refractivity contribution >= 4 is 0 Å². The summed E-state index contributed by atoms with van der Waals surface area (Å²) in [5, 5.41) is 7.89. The van der Waals surface area contributed by atoms with E-state index in [2.05, 4.69) is 43.3 Å². The summed E-state index contributed by atoms with van der Waals surface area (Å²) in [7, 11) is 0. The fraction of sp³-hybridized carbons (Fsp3) is 0.471. The summed E-state index contributed by atoms with van der Waals surface area (Å²) in [5.74, 6) is 1.50. The fourth-order valence-corrected chi connectivity index (χ4v) is 2.05. The van der Waals surface area contributed by atoms with Crippen LogP contribution in [-0.2, 0) is 19.6 Å². The molecule has 2 rings (SSSR count). The predicted octanol–water partition coefficient (Wildman–Crippen LogP) is 3.23. The standard InChI is InChI=1S/C17H25N3O/c1-4-20-10-9-16(19-20)12-18-11-15-7-5-6-8-17(15)21-13-14(2)3/h5-10,14,18H,4,11-13H2,1-3H3. The lowest BCUT2D eigenvalue weighted by atomic mass is 10.2. The Kier molecular flexibility index (Phi) is 5.81. The summed E-state index contributed by atoms with van der Waals surface area (Å²) in [4.78, 5) is 0. The lowest BCUT2D eigenvalue weighted by Gasteiger charge is -2.13. The van der Waals surface area contributed by atoms with Gasteiger partial charge in [-0.15, -0.1) is 0 Å². The first-order chi connectivity index (χ1) is 10.2. The largest absolute Gasteiger partial charge is 0.493 e. The van der Waals surface area contributed by atoms with E-state index in [9.17, 15) is 0 Å². The SMILES string of the molecule is CCn1ccc(CNCc2ccccc2OCC(C)C)n1. The van der Waals surface area contributed by atoms with Gasteiger partial charge in [0.05, 0.1) is 12.3 Å². The Morgan fingerprint density at radius 3 is 2.71 bits per heavy atom. The van der Waals surface area contributed by atoms with E-state index in [-0.39, 0.29) is 0 Å². The van der Waals surface area contributed by atoms with Crippen molar-refractivity contribution in [3.63, 3.8) is 0 Å². The number of nitrogens with zero attached hydrogens (tertiary/aromatic N) is 2. The molecule has 0 bridgehead atoms. The highest BCUT2D eigenvalue weighted by atomic mass is 16.5. The Morgan fingerprint density at radius 2 is 2.00 bits per heavy atom. The second-order valence-electron chi connectivity index (χ2n) is 5.58. The van der Waals surface area contributed by atoms with Crippen molar-refractivity contribution in [2.24, 2.45) is 5.92 Å². The van der Waals surface area contributed by atoms with Crippen molar-refractivity contribution in [2.75, 3.05) is 6.61 Å². The highest BCUT2D eigenvalue weighted by molar-refractivity contribution is 5.33. The molecule has 0 fully saturated rings. The van der Waals surface area contributed by atoms with E-state index >= 15 is 0 Å².